The van der Waals surface area contributed by atoms with Crippen molar-refractivity contribution in [2.24, 2.45) is 5.84 Å². The predicted molar refractivity (Wildman–Crippen MR) is 70.8 cm³/mol. The van der Waals surface area contributed by atoms with Gasteiger partial charge in [0.1, 0.15) is 5.82 Å². The minimum atomic E-state index is 0.358. The maximum atomic E-state index is 5.29. The molecule has 1 unspecified atom stereocenters. The number of nitrogens with one attached hydrogen (secondary N) is 2. The lowest BCUT2D eigenvalue weighted by atomic mass is 10.2. The van der Waals surface area contributed by atoms with Crippen molar-refractivity contribution >= 4 is 11.8 Å². The van der Waals surface area contributed by atoms with Crippen molar-refractivity contribution in [2.75, 3.05) is 31.4 Å². The van der Waals surface area contributed by atoms with Crippen LogP contribution in [0.2, 0.25) is 0 Å². The summed E-state index contributed by atoms with van der Waals surface area (Å²) in [5.74, 6) is 6.55. The third kappa shape index (κ3) is 4.54. The summed E-state index contributed by atoms with van der Waals surface area (Å²) in [5, 5.41) is 3.37. The lowest BCUT2D eigenvalue weighted by Crippen LogP contribution is -2.24. The summed E-state index contributed by atoms with van der Waals surface area (Å²) in [7, 11) is 4.14. The summed E-state index contributed by atoms with van der Waals surface area (Å²) in [6.45, 7) is 5.15. The molecule has 1 aromatic rings. The van der Waals surface area contributed by atoms with Crippen LogP contribution in [0.5, 0.6) is 0 Å². The van der Waals surface area contributed by atoms with Gasteiger partial charge in [-0.1, -0.05) is 0 Å². The van der Waals surface area contributed by atoms with Gasteiger partial charge >= 0.3 is 0 Å². The molecule has 0 aromatic carbocycles. The third-order valence-corrected chi connectivity index (χ3v) is 2.49. The van der Waals surface area contributed by atoms with Gasteiger partial charge in [0.25, 0.3) is 0 Å². The first-order valence-electron chi connectivity index (χ1n) is 5.74. The van der Waals surface area contributed by atoms with Crippen molar-refractivity contribution in [3.63, 3.8) is 0 Å². The van der Waals surface area contributed by atoms with Crippen molar-refractivity contribution in [2.45, 2.75) is 26.3 Å². The highest BCUT2D eigenvalue weighted by Crippen LogP contribution is 2.13. The summed E-state index contributed by atoms with van der Waals surface area (Å²) in [5.41, 5.74) is 3.46. The number of nitrogens with two attached hydrogens (primary N) is 1. The highest BCUT2D eigenvalue weighted by Gasteiger charge is 2.07. The van der Waals surface area contributed by atoms with E-state index in [1.54, 1.807) is 6.20 Å². The molecule has 0 fully saturated rings. The number of rotatable bonds is 6. The Kier molecular flexibility index (Phi) is 5.11. The molecular formula is C11H22N6. The number of aromatic nitrogens is 2. The molecule has 0 aliphatic heterocycles. The summed E-state index contributed by atoms with van der Waals surface area (Å²) < 4.78 is 0. The Morgan fingerprint density at radius 1 is 1.47 bits per heavy atom. The van der Waals surface area contributed by atoms with Crippen LogP contribution in [-0.4, -0.2) is 41.5 Å². The van der Waals surface area contributed by atoms with Crippen molar-refractivity contribution < 1.29 is 0 Å². The van der Waals surface area contributed by atoms with Crippen LogP contribution in [0.15, 0.2) is 6.20 Å². The normalized spacial score (nSPS) is 12.6. The second-order valence-corrected chi connectivity index (χ2v) is 4.51. The summed E-state index contributed by atoms with van der Waals surface area (Å²) in [4.78, 5) is 10.5. The van der Waals surface area contributed by atoms with Crippen LogP contribution in [-0.2, 0) is 0 Å². The van der Waals surface area contributed by atoms with Crippen LogP contribution in [0.4, 0.5) is 11.8 Å². The van der Waals surface area contributed by atoms with Crippen molar-refractivity contribution in [3.8, 4) is 0 Å². The Bertz CT molecular complexity index is 352. The number of anilines is 2. The molecule has 1 rings (SSSR count). The molecule has 0 spiro atoms. The van der Waals surface area contributed by atoms with E-state index in [2.05, 4.69) is 46.6 Å². The number of aryl methyl sites for hydroxylation is 1. The Balaban J connectivity index is 2.60. The molecule has 1 aromatic heterocycles. The van der Waals surface area contributed by atoms with Gasteiger partial charge in [0.2, 0.25) is 5.95 Å². The van der Waals surface area contributed by atoms with Crippen LogP contribution in [0.25, 0.3) is 0 Å². The fraction of sp³-hybridized carbons (Fsp3) is 0.636. The standard InChI is InChI=1S/C11H22N6/c1-8-7-13-11(16-12)15-10(8)14-9(2)5-6-17(3)4/h7,9H,5-6,12H2,1-4H3,(H2,13,14,15,16). The minimum absolute atomic E-state index is 0.358. The van der Waals surface area contributed by atoms with Gasteiger partial charge < -0.3 is 10.2 Å². The van der Waals surface area contributed by atoms with Crippen molar-refractivity contribution in [3.05, 3.63) is 11.8 Å². The molecule has 17 heavy (non-hydrogen) atoms. The van der Waals surface area contributed by atoms with E-state index in [1.165, 1.54) is 0 Å². The van der Waals surface area contributed by atoms with Crippen LogP contribution in [0, 0.1) is 6.92 Å². The highest BCUT2D eigenvalue weighted by atomic mass is 15.3. The number of hydrogen-bond donors (Lipinski definition) is 3. The first kappa shape index (κ1) is 13.7. The lowest BCUT2D eigenvalue weighted by molar-refractivity contribution is 0.390. The SMILES string of the molecule is Cc1cnc(NN)nc1NC(C)CCN(C)C. The zero-order valence-corrected chi connectivity index (χ0v) is 11.0. The fourth-order valence-electron chi connectivity index (χ4n) is 1.42. The van der Waals surface area contributed by atoms with E-state index < -0.39 is 0 Å². The molecule has 0 amide bonds. The Morgan fingerprint density at radius 2 is 2.18 bits per heavy atom. The van der Waals surface area contributed by atoms with E-state index in [9.17, 15) is 0 Å². The largest absolute Gasteiger partial charge is 0.367 e. The fourth-order valence-corrected chi connectivity index (χ4v) is 1.42. The Morgan fingerprint density at radius 3 is 2.76 bits per heavy atom. The number of hydrazine groups is 1. The summed E-state index contributed by atoms with van der Waals surface area (Å²) >= 11 is 0. The molecule has 0 radical (unpaired) electrons. The molecule has 0 bridgehead atoms. The van der Waals surface area contributed by atoms with Crippen LogP contribution < -0.4 is 16.6 Å². The molecule has 0 saturated carbocycles. The molecule has 6 heteroatoms. The van der Waals surface area contributed by atoms with E-state index in [0.717, 1.165) is 24.3 Å². The first-order valence-corrected chi connectivity index (χ1v) is 5.74. The smallest absolute Gasteiger partial charge is 0.239 e. The molecule has 0 aliphatic carbocycles. The first-order chi connectivity index (χ1) is 8.02. The Hall–Kier alpha value is -1.40. The maximum Gasteiger partial charge on any atom is 0.239 e. The summed E-state index contributed by atoms with van der Waals surface area (Å²) in [6.07, 6.45) is 2.81. The van der Waals surface area contributed by atoms with Gasteiger partial charge in [0, 0.05) is 17.8 Å². The van der Waals surface area contributed by atoms with Gasteiger partial charge in [0.05, 0.1) is 0 Å². The van der Waals surface area contributed by atoms with E-state index in [1.807, 2.05) is 6.92 Å². The van der Waals surface area contributed by atoms with Gasteiger partial charge in [-0.05, 0) is 40.9 Å². The molecular weight excluding hydrogens is 216 g/mol. The van der Waals surface area contributed by atoms with Crippen LogP contribution >= 0.6 is 0 Å². The lowest BCUT2D eigenvalue weighted by Gasteiger charge is -2.18. The predicted octanol–water partition coefficient (Wildman–Crippen LogP) is 0.823. The highest BCUT2D eigenvalue weighted by molar-refractivity contribution is 5.46. The topological polar surface area (TPSA) is 79.1 Å². The average molecular weight is 238 g/mol. The van der Waals surface area contributed by atoms with Crippen molar-refractivity contribution in [1.82, 2.24) is 14.9 Å². The third-order valence-electron chi connectivity index (χ3n) is 2.49. The van der Waals surface area contributed by atoms with Crippen LogP contribution in [0.1, 0.15) is 18.9 Å². The molecule has 96 valence electrons. The zero-order valence-electron chi connectivity index (χ0n) is 11.0. The molecule has 0 saturated heterocycles. The monoisotopic (exact) mass is 238 g/mol. The van der Waals surface area contributed by atoms with E-state index in [4.69, 9.17) is 5.84 Å². The second kappa shape index (κ2) is 6.36. The number of nitrogen functional groups attached to an aromatic ring is 1. The molecule has 0 aliphatic rings. The number of hydrogen-bond acceptors (Lipinski definition) is 6. The van der Waals surface area contributed by atoms with Gasteiger partial charge in [-0.15, -0.1) is 0 Å². The molecule has 1 heterocycles. The molecule has 6 nitrogen and oxygen atoms in total. The van der Waals surface area contributed by atoms with E-state index >= 15 is 0 Å². The zero-order chi connectivity index (χ0) is 12.8. The van der Waals surface area contributed by atoms with E-state index in [-0.39, 0.29) is 0 Å². The maximum absolute atomic E-state index is 5.29. The second-order valence-electron chi connectivity index (χ2n) is 4.51. The quantitative estimate of drug-likeness (QED) is 0.503. The molecule has 4 N–H and O–H groups in total. The number of nitrogens with zero attached hydrogens (tertiary/aromatic N) is 3. The van der Waals surface area contributed by atoms with Crippen molar-refractivity contribution in [1.29, 1.82) is 0 Å². The van der Waals surface area contributed by atoms with Gasteiger partial charge in [0.15, 0.2) is 0 Å². The molecule has 1 atom stereocenters. The Labute approximate surface area is 103 Å². The summed E-state index contributed by atoms with van der Waals surface area (Å²) in [6, 6.07) is 0.358. The van der Waals surface area contributed by atoms with Gasteiger partial charge in [-0.2, -0.15) is 4.98 Å². The minimum Gasteiger partial charge on any atom is -0.367 e. The van der Waals surface area contributed by atoms with Gasteiger partial charge in [-0.3, -0.25) is 5.43 Å². The average Bonchev–Trinajstić information content (AvgIpc) is 2.29. The van der Waals surface area contributed by atoms with Crippen LogP contribution in [0.3, 0.4) is 0 Å². The van der Waals surface area contributed by atoms with E-state index in [0.29, 0.717) is 12.0 Å². The van der Waals surface area contributed by atoms with Gasteiger partial charge in [-0.25, -0.2) is 10.8 Å².